The van der Waals surface area contributed by atoms with E-state index in [4.69, 9.17) is 4.52 Å². The first-order valence-electron chi connectivity index (χ1n) is 7.03. The molecule has 112 valence electrons. The highest BCUT2D eigenvalue weighted by molar-refractivity contribution is 5.93. The number of rotatable bonds is 4. The summed E-state index contributed by atoms with van der Waals surface area (Å²) in [5.74, 6) is 0.268. The molecule has 0 saturated carbocycles. The Morgan fingerprint density at radius 1 is 1.70 bits per heavy atom. The molecule has 0 aromatic carbocycles. The number of aliphatic hydroxyl groups excluding tert-OH is 1. The van der Waals surface area contributed by atoms with Crippen LogP contribution >= 0.6 is 0 Å². The number of anilines is 1. The lowest BCUT2D eigenvalue weighted by molar-refractivity contribution is -0.122. The second-order valence-corrected chi connectivity index (χ2v) is 6.04. The summed E-state index contributed by atoms with van der Waals surface area (Å²) in [7, 11) is 0. The Morgan fingerprint density at radius 3 is 3.05 bits per heavy atom. The number of carbonyl (C=O) groups excluding carboxylic acids is 1. The van der Waals surface area contributed by atoms with E-state index < -0.39 is 0 Å². The molecule has 1 amide bonds. The quantitative estimate of drug-likeness (QED) is 0.872. The van der Waals surface area contributed by atoms with Crippen LogP contribution in [0.2, 0.25) is 0 Å². The molecule has 0 radical (unpaired) electrons. The SMILES string of the molecule is Cc1cc(NC(=O)[C@@H](C)N2CCC[C@@](C)(CO)C2)on1. The van der Waals surface area contributed by atoms with Crippen LogP contribution in [0.5, 0.6) is 0 Å². The minimum Gasteiger partial charge on any atom is -0.396 e. The van der Waals surface area contributed by atoms with E-state index in [0.29, 0.717) is 5.88 Å². The Morgan fingerprint density at radius 2 is 2.45 bits per heavy atom. The molecule has 0 bridgehead atoms. The minimum absolute atomic E-state index is 0.108. The van der Waals surface area contributed by atoms with Crippen molar-refractivity contribution in [3.8, 4) is 0 Å². The Hall–Kier alpha value is -1.40. The Bertz CT molecular complexity index is 474. The summed E-state index contributed by atoms with van der Waals surface area (Å²) in [6.45, 7) is 7.50. The highest BCUT2D eigenvalue weighted by Crippen LogP contribution is 2.29. The topological polar surface area (TPSA) is 78.6 Å². The maximum absolute atomic E-state index is 12.2. The van der Waals surface area contributed by atoms with Crippen molar-refractivity contribution in [2.24, 2.45) is 5.41 Å². The monoisotopic (exact) mass is 281 g/mol. The van der Waals surface area contributed by atoms with Crippen molar-refractivity contribution in [3.05, 3.63) is 11.8 Å². The fraction of sp³-hybridized carbons (Fsp3) is 0.714. The van der Waals surface area contributed by atoms with Crippen molar-refractivity contribution >= 4 is 11.8 Å². The van der Waals surface area contributed by atoms with E-state index in [-0.39, 0.29) is 24.0 Å². The lowest BCUT2D eigenvalue weighted by Gasteiger charge is -2.41. The highest BCUT2D eigenvalue weighted by atomic mass is 16.5. The summed E-state index contributed by atoms with van der Waals surface area (Å²) in [5.41, 5.74) is 0.620. The fourth-order valence-electron chi connectivity index (χ4n) is 2.63. The predicted octanol–water partition coefficient (Wildman–Crippen LogP) is 1.40. The molecule has 2 atom stereocenters. The average molecular weight is 281 g/mol. The zero-order valence-corrected chi connectivity index (χ0v) is 12.3. The number of likely N-dealkylation sites (tertiary alicyclic amines) is 1. The molecule has 1 fully saturated rings. The molecule has 20 heavy (non-hydrogen) atoms. The van der Waals surface area contributed by atoms with E-state index in [1.807, 2.05) is 6.92 Å². The minimum atomic E-state index is -0.258. The van der Waals surface area contributed by atoms with Crippen molar-refractivity contribution in [2.75, 3.05) is 25.0 Å². The van der Waals surface area contributed by atoms with Gasteiger partial charge in [-0.15, -0.1) is 0 Å². The number of nitrogens with zero attached hydrogens (tertiary/aromatic N) is 2. The highest BCUT2D eigenvalue weighted by Gasteiger charge is 2.34. The van der Waals surface area contributed by atoms with Crippen LogP contribution in [0.3, 0.4) is 0 Å². The van der Waals surface area contributed by atoms with Gasteiger partial charge in [-0.1, -0.05) is 12.1 Å². The second kappa shape index (κ2) is 5.93. The number of carbonyl (C=O) groups is 1. The molecule has 1 aromatic rings. The third kappa shape index (κ3) is 3.37. The molecule has 1 aliphatic rings. The third-order valence-electron chi connectivity index (χ3n) is 3.99. The summed E-state index contributed by atoms with van der Waals surface area (Å²) < 4.78 is 4.99. The maximum atomic E-state index is 12.2. The molecule has 6 heteroatoms. The van der Waals surface area contributed by atoms with Gasteiger partial charge in [-0.3, -0.25) is 15.0 Å². The van der Waals surface area contributed by atoms with Crippen molar-refractivity contribution < 1.29 is 14.4 Å². The van der Waals surface area contributed by atoms with Gasteiger partial charge in [0.05, 0.1) is 11.7 Å². The standard InChI is InChI=1S/C14H23N3O3/c1-10-7-12(20-16-10)15-13(19)11(2)17-6-4-5-14(3,8-17)9-18/h7,11,18H,4-6,8-9H2,1-3H3,(H,15,19)/t11-,14-/m1/s1. The van der Waals surface area contributed by atoms with Crippen molar-refractivity contribution in [2.45, 2.75) is 39.7 Å². The number of aryl methyl sites for hydroxylation is 1. The maximum Gasteiger partial charge on any atom is 0.243 e. The molecule has 0 spiro atoms. The van der Waals surface area contributed by atoms with Gasteiger partial charge in [0.1, 0.15) is 0 Å². The van der Waals surface area contributed by atoms with Gasteiger partial charge in [-0.25, -0.2) is 0 Å². The molecule has 2 rings (SSSR count). The number of aliphatic hydroxyl groups is 1. The van der Waals surface area contributed by atoms with Crippen molar-refractivity contribution in [1.82, 2.24) is 10.1 Å². The molecule has 2 N–H and O–H groups in total. The van der Waals surface area contributed by atoms with Crippen LogP contribution < -0.4 is 5.32 Å². The van der Waals surface area contributed by atoms with Gasteiger partial charge in [0.15, 0.2) is 0 Å². The van der Waals surface area contributed by atoms with Crippen LogP contribution in [0.1, 0.15) is 32.4 Å². The van der Waals surface area contributed by atoms with Crippen LogP contribution in [0.25, 0.3) is 0 Å². The Kier molecular flexibility index (Phi) is 4.45. The molecule has 1 aliphatic heterocycles. The Labute approximate surface area is 119 Å². The molecule has 2 heterocycles. The summed E-state index contributed by atoms with van der Waals surface area (Å²) in [6, 6.07) is 1.44. The summed E-state index contributed by atoms with van der Waals surface area (Å²) in [6.07, 6.45) is 1.99. The lowest BCUT2D eigenvalue weighted by atomic mass is 9.82. The normalized spacial score (nSPS) is 25.4. The zero-order valence-electron chi connectivity index (χ0n) is 12.3. The molecular formula is C14H23N3O3. The third-order valence-corrected chi connectivity index (χ3v) is 3.99. The lowest BCUT2D eigenvalue weighted by Crippen LogP contribution is -2.51. The van der Waals surface area contributed by atoms with E-state index in [2.05, 4.69) is 22.3 Å². The van der Waals surface area contributed by atoms with Crippen molar-refractivity contribution in [1.29, 1.82) is 0 Å². The van der Waals surface area contributed by atoms with E-state index in [1.54, 1.807) is 13.0 Å². The zero-order chi connectivity index (χ0) is 14.8. The summed E-state index contributed by atoms with van der Waals surface area (Å²) >= 11 is 0. The smallest absolute Gasteiger partial charge is 0.243 e. The summed E-state index contributed by atoms with van der Waals surface area (Å²) in [4.78, 5) is 14.3. The number of aromatic nitrogens is 1. The van der Waals surface area contributed by atoms with Crippen LogP contribution in [-0.4, -0.2) is 46.8 Å². The first-order valence-corrected chi connectivity index (χ1v) is 7.03. The van der Waals surface area contributed by atoms with Gasteiger partial charge in [0, 0.05) is 24.6 Å². The molecule has 0 aliphatic carbocycles. The first-order chi connectivity index (χ1) is 9.43. The number of piperidine rings is 1. The Balaban J connectivity index is 1.96. The van der Waals surface area contributed by atoms with E-state index in [9.17, 15) is 9.90 Å². The second-order valence-electron chi connectivity index (χ2n) is 6.04. The number of amides is 1. The number of hydrogen-bond acceptors (Lipinski definition) is 5. The van der Waals surface area contributed by atoms with Gasteiger partial charge >= 0.3 is 0 Å². The molecule has 0 unspecified atom stereocenters. The van der Waals surface area contributed by atoms with Crippen molar-refractivity contribution in [3.63, 3.8) is 0 Å². The molecular weight excluding hydrogens is 258 g/mol. The van der Waals surface area contributed by atoms with E-state index >= 15 is 0 Å². The van der Waals surface area contributed by atoms with E-state index in [1.165, 1.54) is 0 Å². The average Bonchev–Trinajstić information content (AvgIpc) is 2.83. The van der Waals surface area contributed by atoms with Crippen LogP contribution in [0.4, 0.5) is 5.88 Å². The summed E-state index contributed by atoms with van der Waals surface area (Å²) in [5, 5.41) is 16.0. The van der Waals surface area contributed by atoms with Gasteiger partial charge in [0.2, 0.25) is 11.8 Å². The largest absolute Gasteiger partial charge is 0.396 e. The van der Waals surface area contributed by atoms with Gasteiger partial charge in [-0.05, 0) is 33.2 Å². The number of hydrogen-bond donors (Lipinski definition) is 2. The van der Waals surface area contributed by atoms with Crippen LogP contribution in [0.15, 0.2) is 10.6 Å². The molecule has 1 aromatic heterocycles. The fourth-order valence-corrected chi connectivity index (χ4v) is 2.63. The van der Waals surface area contributed by atoms with Gasteiger partial charge < -0.3 is 9.63 Å². The van der Waals surface area contributed by atoms with Gasteiger partial charge in [-0.2, -0.15) is 0 Å². The van der Waals surface area contributed by atoms with Crippen LogP contribution in [-0.2, 0) is 4.79 Å². The molecule has 6 nitrogen and oxygen atoms in total. The molecule has 1 saturated heterocycles. The van der Waals surface area contributed by atoms with Crippen LogP contribution in [0, 0.1) is 12.3 Å². The van der Waals surface area contributed by atoms with Gasteiger partial charge in [0.25, 0.3) is 0 Å². The number of nitrogens with one attached hydrogen (secondary N) is 1. The first kappa shape index (κ1) is 15.0. The van der Waals surface area contributed by atoms with E-state index in [0.717, 1.165) is 31.6 Å². The predicted molar refractivity (Wildman–Crippen MR) is 75.3 cm³/mol.